The van der Waals surface area contributed by atoms with Crippen LogP contribution in [0.3, 0.4) is 0 Å². The lowest BCUT2D eigenvalue weighted by Crippen LogP contribution is -2.35. The molecule has 0 spiro atoms. The number of carbonyl (C=O) groups is 2. The number of amides is 1. The summed E-state index contributed by atoms with van der Waals surface area (Å²) in [6.07, 6.45) is -0.187. The third kappa shape index (κ3) is 5.19. The van der Waals surface area contributed by atoms with E-state index in [0.717, 1.165) is 0 Å². The van der Waals surface area contributed by atoms with Crippen LogP contribution in [0.5, 0.6) is 0 Å². The second-order valence-corrected chi connectivity index (χ2v) is 5.00. The molecule has 0 fully saturated rings. The summed E-state index contributed by atoms with van der Waals surface area (Å²) >= 11 is 5.80. The second kappa shape index (κ2) is 7.87. The number of nitrogens with one attached hydrogen (secondary N) is 1. The monoisotopic (exact) mass is 299 g/mol. The van der Waals surface area contributed by atoms with Crippen LogP contribution in [0.15, 0.2) is 24.3 Å². The SMILES string of the molecule is COCC(C)C(=O)N[C@@H](CC(=O)O)c1ccc(Cl)cc1. The molecule has 0 aliphatic rings. The average molecular weight is 300 g/mol. The molecule has 0 saturated carbocycles. The molecule has 0 saturated heterocycles. The van der Waals surface area contributed by atoms with Gasteiger partial charge in [-0.25, -0.2) is 0 Å². The van der Waals surface area contributed by atoms with Crippen LogP contribution in [-0.2, 0) is 14.3 Å². The van der Waals surface area contributed by atoms with Gasteiger partial charge in [0.2, 0.25) is 5.91 Å². The van der Waals surface area contributed by atoms with Crippen molar-refractivity contribution in [3.05, 3.63) is 34.9 Å². The van der Waals surface area contributed by atoms with Gasteiger partial charge in [-0.2, -0.15) is 0 Å². The van der Waals surface area contributed by atoms with Gasteiger partial charge < -0.3 is 15.2 Å². The third-order valence-electron chi connectivity index (χ3n) is 2.83. The van der Waals surface area contributed by atoms with Gasteiger partial charge in [-0.05, 0) is 17.7 Å². The molecular formula is C14H18ClNO4. The van der Waals surface area contributed by atoms with Gasteiger partial charge in [0.05, 0.1) is 25.0 Å². The van der Waals surface area contributed by atoms with Crippen molar-refractivity contribution in [1.29, 1.82) is 0 Å². The Bertz CT molecular complexity index is 461. The predicted octanol–water partition coefficient (Wildman–Crippen LogP) is 2.25. The molecule has 0 heterocycles. The highest BCUT2D eigenvalue weighted by molar-refractivity contribution is 6.30. The van der Waals surface area contributed by atoms with E-state index in [0.29, 0.717) is 10.6 Å². The summed E-state index contributed by atoms with van der Waals surface area (Å²) in [6, 6.07) is 6.15. The molecule has 1 unspecified atom stereocenters. The van der Waals surface area contributed by atoms with Crippen LogP contribution < -0.4 is 5.32 Å². The highest BCUT2D eigenvalue weighted by Gasteiger charge is 2.21. The van der Waals surface area contributed by atoms with E-state index in [1.54, 1.807) is 31.2 Å². The summed E-state index contributed by atoms with van der Waals surface area (Å²) in [5.41, 5.74) is 0.703. The van der Waals surface area contributed by atoms with Crippen LogP contribution in [0.4, 0.5) is 0 Å². The maximum Gasteiger partial charge on any atom is 0.305 e. The van der Waals surface area contributed by atoms with Gasteiger partial charge in [-0.15, -0.1) is 0 Å². The number of carboxylic acids is 1. The van der Waals surface area contributed by atoms with Crippen LogP contribution in [-0.4, -0.2) is 30.7 Å². The molecule has 0 bridgehead atoms. The van der Waals surface area contributed by atoms with Crippen LogP contribution in [0.25, 0.3) is 0 Å². The summed E-state index contributed by atoms with van der Waals surface area (Å²) in [5.74, 6) is -1.57. The van der Waals surface area contributed by atoms with Crippen LogP contribution in [0.1, 0.15) is 24.9 Å². The van der Waals surface area contributed by atoms with E-state index in [2.05, 4.69) is 5.32 Å². The number of rotatable bonds is 7. The van der Waals surface area contributed by atoms with E-state index >= 15 is 0 Å². The van der Waals surface area contributed by atoms with Crippen molar-refractivity contribution in [3.63, 3.8) is 0 Å². The molecule has 0 aliphatic heterocycles. The molecule has 1 aromatic carbocycles. The summed E-state index contributed by atoms with van der Waals surface area (Å²) in [7, 11) is 1.51. The molecule has 110 valence electrons. The molecule has 0 aliphatic carbocycles. The molecule has 1 amide bonds. The summed E-state index contributed by atoms with van der Waals surface area (Å²) in [4.78, 5) is 22.9. The molecule has 1 aromatic rings. The van der Waals surface area contributed by atoms with Crippen molar-refractivity contribution in [1.82, 2.24) is 5.32 Å². The van der Waals surface area contributed by atoms with Gasteiger partial charge in [-0.1, -0.05) is 30.7 Å². The minimum Gasteiger partial charge on any atom is -0.481 e. The standard InChI is InChI=1S/C14H18ClNO4/c1-9(8-20-2)14(19)16-12(7-13(17)18)10-3-5-11(15)6-4-10/h3-6,9,12H,7-8H2,1-2H3,(H,16,19)(H,17,18)/t9?,12-/m0/s1. The number of carbonyl (C=O) groups excluding carboxylic acids is 1. The Morgan fingerprint density at radius 2 is 1.95 bits per heavy atom. The quantitative estimate of drug-likeness (QED) is 0.810. The zero-order chi connectivity index (χ0) is 15.1. The number of hydrogen-bond acceptors (Lipinski definition) is 3. The molecule has 0 radical (unpaired) electrons. The Morgan fingerprint density at radius 3 is 2.45 bits per heavy atom. The first-order chi connectivity index (χ1) is 9.43. The van der Waals surface area contributed by atoms with Gasteiger partial charge in [0.1, 0.15) is 0 Å². The lowest BCUT2D eigenvalue weighted by Gasteiger charge is -2.20. The van der Waals surface area contributed by atoms with Crippen molar-refractivity contribution in [2.45, 2.75) is 19.4 Å². The van der Waals surface area contributed by atoms with Crippen molar-refractivity contribution in [2.75, 3.05) is 13.7 Å². The highest BCUT2D eigenvalue weighted by atomic mass is 35.5. The molecule has 5 nitrogen and oxygen atoms in total. The van der Waals surface area contributed by atoms with Crippen molar-refractivity contribution >= 4 is 23.5 Å². The summed E-state index contributed by atoms with van der Waals surface area (Å²) in [6.45, 7) is 2.00. The fourth-order valence-corrected chi connectivity index (χ4v) is 1.89. The average Bonchev–Trinajstić information content (AvgIpc) is 2.38. The predicted molar refractivity (Wildman–Crippen MR) is 75.6 cm³/mol. The Balaban J connectivity index is 2.81. The molecule has 20 heavy (non-hydrogen) atoms. The maximum atomic E-state index is 12.0. The number of aliphatic carboxylic acids is 1. The molecule has 6 heteroatoms. The van der Waals surface area contributed by atoms with Gasteiger partial charge in [0, 0.05) is 12.1 Å². The second-order valence-electron chi connectivity index (χ2n) is 4.57. The van der Waals surface area contributed by atoms with Crippen molar-refractivity contribution in [2.24, 2.45) is 5.92 Å². The smallest absolute Gasteiger partial charge is 0.305 e. The number of benzene rings is 1. The molecule has 2 atom stereocenters. The van der Waals surface area contributed by atoms with E-state index in [9.17, 15) is 9.59 Å². The number of hydrogen-bond donors (Lipinski definition) is 2. The Kier molecular flexibility index (Phi) is 6.48. The number of methoxy groups -OCH3 is 1. The number of carboxylic acid groups (broad SMARTS) is 1. The van der Waals surface area contributed by atoms with Crippen molar-refractivity contribution < 1.29 is 19.4 Å². The van der Waals surface area contributed by atoms with Gasteiger partial charge in [0.25, 0.3) is 0 Å². The topological polar surface area (TPSA) is 75.6 Å². The first-order valence-corrected chi connectivity index (χ1v) is 6.58. The minimum absolute atomic E-state index is 0.187. The van der Waals surface area contributed by atoms with E-state index in [1.807, 2.05) is 0 Å². The molecule has 0 aromatic heterocycles. The van der Waals surface area contributed by atoms with E-state index in [1.165, 1.54) is 7.11 Å². The van der Waals surface area contributed by atoms with E-state index in [-0.39, 0.29) is 24.9 Å². The fraction of sp³-hybridized carbons (Fsp3) is 0.429. The lowest BCUT2D eigenvalue weighted by molar-refractivity contribution is -0.138. The Labute approximate surface area is 122 Å². The zero-order valence-corrected chi connectivity index (χ0v) is 12.2. The minimum atomic E-state index is -0.982. The van der Waals surface area contributed by atoms with Crippen LogP contribution in [0, 0.1) is 5.92 Å². The fourth-order valence-electron chi connectivity index (χ4n) is 1.76. The normalized spacial score (nSPS) is 13.6. The number of halogens is 1. The first-order valence-electron chi connectivity index (χ1n) is 6.20. The maximum absolute atomic E-state index is 12.0. The highest BCUT2D eigenvalue weighted by Crippen LogP contribution is 2.20. The van der Waals surface area contributed by atoms with Crippen LogP contribution in [0.2, 0.25) is 5.02 Å². The zero-order valence-electron chi connectivity index (χ0n) is 11.4. The Hall–Kier alpha value is -1.59. The number of ether oxygens (including phenoxy) is 1. The van der Waals surface area contributed by atoms with Crippen LogP contribution >= 0.6 is 11.6 Å². The lowest BCUT2D eigenvalue weighted by atomic mass is 10.0. The van der Waals surface area contributed by atoms with E-state index < -0.39 is 12.0 Å². The van der Waals surface area contributed by atoms with Gasteiger partial charge in [-0.3, -0.25) is 9.59 Å². The Morgan fingerprint density at radius 1 is 1.35 bits per heavy atom. The van der Waals surface area contributed by atoms with Crippen molar-refractivity contribution in [3.8, 4) is 0 Å². The molecule has 2 N–H and O–H groups in total. The summed E-state index contributed by atoms with van der Waals surface area (Å²) in [5, 5.41) is 12.2. The summed E-state index contributed by atoms with van der Waals surface area (Å²) < 4.78 is 4.91. The molecule has 1 rings (SSSR count). The van der Waals surface area contributed by atoms with E-state index in [4.69, 9.17) is 21.4 Å². The van der Waals surface area contributed by atoms with Gasteiger partial charge >= 0.3 is 5.97 Å². The van der Waals surface area contributed by atoms with Gasteiger partial charge in [0.15, 0.2) is 0 Å². The molecular weight excluding hydrogens is 282 g/mol. The largest absolute Gasteiger partial charge is 0.481 e. The first kappa shape index (κ1) is 16.5. The third-order valence-corrected chi connectivity index (χ3v) is 3.08.